The predicted octanol–water partition coefficient (Wildman–Crippen LogP) is -4.07. The summed E-state index contributed by atoms with van der Waals surface area (Å²) in [5, 5.41) is 57.8. The average molecular weight is 935 g/mol. The molecule has 362 valence electrons. The molecule has 1 aromatic rings. The van der Waals surface area contributed by atoms with Crippen LogP contribution >= 0.6 is 11.8 Å². The topological polar surface area (TPSA) is 371 Å². The van der Waals surface area contributed by atoms with Crippen molar-refractivity contribution >= 4 is 64.6 Å². The van der Waals surface area contributed by atoms with Gasteiger partial charge in [-0.05, 0) is 42.0 Å². The molecule has 0 bridgehead atoms. The number of carbonyl (C=O) groups excluding carboxylic acids is 8. The van der Waals surface area contributed by atoms with E-state index < -0.39 is 128 Å². The zero-order chi connectivity index (χ0) is 48.7. The number of phenols is 1. The molecular formula is C42H66N10O12S. The SMILES string of the molecule is C=C1C[C@@H](C)NC(=O)[C@H](C(C)[C@@H](O)CO)NC(=O)[C@@H]2C[C@@H](O)CN2C(=O)C(CC(N)=O)NC(=O)[C@@H](NC(=O)CNC(=O)[C@@H](NC(=O)CN)[C@@H](C)CC)Cc2c1ccc(O)c2CSCCN. The largest absolute Gasteiger partial charge is 0.508 e. The van der Waals surface area contributed by atoms with Crippen molar-refractivity contribution < 1.29 is 58.8 Å². The molecule has 0 saturated carbocycles. The van der Waals surface area contributed by atoms with Crippen LogP contribution in [0.1, 0.15) is 70.1 Å². The Labute approximate surface area is 382 Å². The van der Waals surface area contributed by atoms with Gasteiger partial charge >= 0.3 is 0 Å². The molecule has 16 N–H and O–H groups in total. The number of primary amides is 1. The average Bonchev–Trinajstić information content (AvgIpc) is 3.66. The van der Waals surface area contributed by atoms with Gasteiger partial charge in [-0.2, -0.15) is 11.8 Å². The zero-order valence-electron chi connectivity index (χ0n) is 37.3. The lowest BCUT2D eigenvalue weighted by Crippen LogP contribution is -2.60. The van der Waals surface area contributed by atoms with Gasteiger partial charge in [0.15, 0.2) is 0 Å². The Hall–Kier alpha value is -5.33. The number of phenolic OH excluding ortho intramolecular Hbond substituents is 1. The summed E-state index contributed by atoms with van der Waals surface area (Å²) in [6.45, 7) is 8.87. The van der Waals surface area contributed by atoms with Crippen molar-refractivity contribution in [3.8, 4) is 5.75 Å². The fraction of sp³-hybridized carbons (Fsp3) is 0.619. The normalized spacial score (nSPS) is 24.1. The monoisotopic (exact) mass is 934 g/mol. The first-order valence-corrected chi connectivity index (χ1v) is 22.7. The smallest absolute Gasteiger partial charge is 0.246 e. The van der Waals surface area contributed by atoms with Crippen LogP contribution < -0.4 is 49.1 Å². The number of aliphatic hydroxyl groups is 3. The van der Waals surface area contributed by atoms with Crippen molar-refractivity contribution in [1.29, 1.82) is 0 Å². The maximum absolute atomic E-state index is 14.6. The van der Waals surface area contributed by atoms with Gasteiger partial charge < -0.3 is 74.4 Å². The number of nitrogens with zero attached hydrogens (tertiary/aromatic N) is 1. The second kappa shape index (κ2) is 25.4. The predicted molar refractivity (Wildman–Crippen MR) is 240 cm³/mol. The lowest BCUT2D eigenvalue weighted by Gasteiger charge is -2.33. The molecule has 0 radical (unpaired) electrons. The second-order valence-electron chi connectivity index (χ2n) is 16.5. The molecule has 2 aliphatic heterocycles. The van der Waals surface area contributed by atoms with E-state index in [4.69, 9.17) is 17.2 Å². The van der Waals surface area contributed by atoms with E-state index in [-0.39, 0.29) is 43.2 Å². The van der Waals surface area contributed by atoms with E-state index in [1.807, 2.05) is 0 Å². The summed E-state index contributed by atoms with van der Waals surface area (Å²) in [7, 11) is 0. The van der Waals surface area contributed by atoms with Gasteiger partial charge in [-0.3, -0.25) is 38.4 Å². The minimum absolute atomic E-state index is 0.0571. The highest BCUT2D eigenvalue weighted by Crippen LogP contribution is 2.34. The van der Waals surface area contributed by atoms with Gasteiger partial charge in [0.05, 0.1) is 38.3 Å². The summed E-state index contributed by atoms with van der Waals surface area (Å²) in [4.78, 5) is 109. The van der Waals surface area contributed by atoms with Crippen LogP contribution in [0.5, 0.6) is 5.75 Å². The summed E-state index contributed by atoms with van der Waals surface area (Å²) in [6, 6.07) is -5.09. The van der Waals surface area contributed by atoms with Crippen molar-refractivity contribution in [1.82, 2.24) is 36.8 Å². The molecule has 0 spiro atoms. The number of aliphatic hydroxyl groups excluding tert-OH is 3. The van der Waals surface area contributed by atoms with Crippen molar-refractivity contribution in [3.05, 3.63) is 35.4 Å². The number of rotatable bonds is 17. The number of hydrogen-bond acceptors (Lipinski definition) is 15. The highest BCUT2D eigenvalue weighted by atomic mass is 32.2. The van der Waals surface area contributed by atoms with Crippen LogP contribution in [0, 0.1) is 11.8 Å². The minimum Gasteiger partial charge on any atom is -0.508 e. The van der Waals surface area contributed by atoms with Gasteiger partial charge in [0.25, 0.3) is 0 Å². The highest BCUT2D eigenvalue weighted by Gasteiger charge is 2.44. The first-order chi connectivity index (χ1) is 30.7. The third-order valence-electron chi connectivity index (χ3n) is 11.5. The Bertz CT molecular complexity index is 1920. The summed E-state index contributed by atoms with van der Waals surface area (Å²) in [5.74, 6) is -7.93. The summed E-state index contributed by atoms with van der Waals surface area (Å²) >= 11 is 1.36. The van der Waals surface area contributed by atoms with Gasteiger partial charge in [-0.15, -0.1) is 0 Å². The van der Waals surface area contributed by atoms with Crippen LogP contribution in [0.2, 0.25) is 0 Å². The van der Waals surface area contributed by atoms with Crippen LogP contribution in [0.15, 0.2) is 18.7 Å². The molecule has 22 nitrogen and oxygen atoms in total. The van der Waals surface area contributed by atoms with Crippen LogP contribution in [-0.4, -0.2) is 160 Å². The fourth-order valence-corrected chi connectivity index (χ4v) is 8.49. The van der Waals surface area contributed by atoms with E-state index in [1.54, 1.807) is 26.8 Å². The molecule has 2 aliphatic rings. The molecule has 2 unspecified atom stereocenters. The molecule has 1 aromatic carbocycles. The van der Waals surface area contributed by atoms with Gasteiger partial charge in [0, 0.05) is 55.0 Å². The third-order valence-corrected chi connectivity index (χ3v) is 12.5. The van der Waals surface area contributed by atoms with Gasteiger partial charge in [0.1, 0.15) is 36.0 Å². The molecule has 10 atom stereocenters. The number of amides is 8. The van der Waals surface area contributed by atoms with Crippen LogP contribution in [0.25, 0.3) is 5.57 Å². The number of benzene rings is 1. The van der Waals surface area contributed by atoms with Crippen LogP contribution in [0.4, 0.5) is 0 Å². The fourth-order valence-electron chi connectivity index (χ4n) is 7.65. The lowest BCUT2D eigenvalue weighted by molar-refractivity contribution is -0.144. The summed E-state index contributed by atoms with van der Waals surface area (Å²) in [5.41, 5.74) is 18.2. The number of thioether (sulfide) groups is 1. The molecule has 65 heavy (non-hydrogen) atoms. The van der Waals surface area contributed by atoms with E-state index in [0.717, 1.165) is 4.90 Å². The van der Waals surface area contributed by atoms with E-state index in [0.29, 0.717) is 41.0 Å². The van der Waals surface area contributed by atoms with E-state index >= 15 is 0 Å². The molecule has 8 amide bonds. The Morgan fingerprint density at radius 3 is 2.32 bits per heavy atom. The van der Waals surface area contributed by atoms with E-state index in [9.17, 15) is 58.8 Å². The Morgan fingerprint density at radius 1 is 1.02 bits per heavy atom. The summed E-state index contributed by atoms with van der Waals surface area (Å²) in [6.07, 6.45) is -3.70. The van der Waals surface area contributed by atoms with Crippen molar-refractivity contribution in [2.75, 3.05) is 38.5 Å². The molecule has 2 heterocycles. The standard InChI is InChI=1S/C42H66N10O12S/c1-6-20(2)36(50-34(58)15-44)40(62)46-16-35(59)48-28-13-26-25(7-8-31(55)27(26)19-65-10-9-43)21(3)11-22(4)47-41(63)37(23(5)32(56)18-53)51-39(61)30-12-24(54)17-52(30)42(64)29(14-33(45)57)49-38(28)60/h7-8,20,22-24,28-30,32,36-37,53-56H,3,6,9-19,43-44H2,1-2,4-5H3,(H2,45,57)(H,46,62)(H,47,63)(H,48,59)(H,49,60)(H,50,58)(H,51,61)/t20-,22+,23?,24+,28-,29?,30-,32-,36-,37-/m0/s1. The molecule has 0 aromatic heterocycles. The number of nitrogens with two attached hydrogens (primary N) is 3. The Balaban J connectivity index is 2.21. The number of carbonyl (C=O) groups is 8. The molecule has 23 heteroatoms. The first kappa shape index (κ1) is 54.0. The Kier molecular flexibility index (Phi) is 21.1. The van der Waals surface area contributed by atoms with E-state index in [1.165, 1.54) is 24.8 Å². The molecule has 0 aliphatic carbocycles. The minimum atomic E-state index is -1.77. The van der Waals surface area contributed by atoms with Crippen molar-refractivity contribution in [3.63, 3.8) is 0 Å². The summed E-state index contributed by atoms with van der Waals surface area (Å²) < 4.78 is 0. The van der Waals surface area contributed by atoms with Crippen molar-refractivity contribution in [2.45, 2.75) is 114 Å². The van der Waals surface area contributed by atoms with Crippen LogP contribution in [-0.2, 0) is 50.5 Å². The molecule has 1 fully saturated rings. The third kappa shape index (κ3) is 15.1. The number of nitrogens with one attached hydrogen (secondary N) is 6. The van der Waals surface area contributed by atoms with Crippen molar-refractivity contribution in [2.24, 2.45) is 29.0 Å². The quantitative estimate of drug-likeness (QED) is 0.0661. The molecular weight excluding hydrogens is 869 g/mol. The second-order valence-corrected chi connectivity index (χ2v) is 17.7. The van der Waals surface area contributed by atoms with Crippen LogP contribution in [0.3, 0.4) is 0 Å². The first-order valence-electron chi connectivity index (χ1n) is 21.5. The van der Waals surface area contributed by atoms with Gasteiger partial charge in [-0.25, -0.2) is 0 Å². The highest BCUT2D eigenvalue weighted by molar-refractivity contribution is 7.98. The maximum Gasteiger partial charge on any atom is 0.246 e. The Morgan fingerprint density at radius 2 is 1.71 bits per heavy atom. The van der Waals surface area contributed by atoms with Gasteiger partial charge in [-0.1, -0.05) is 39.8 Å². The lowest BCUT2D eigenvalue weighted by atomic mass is 9.88. The van der Waals surface area contributed by atoms with E-state index in [2.05, 4.69) is 38.5 Å². The maximum atomic E-state index is 14.6. The number of fused-ring (bicyclic) bond motifs is 2. The zero-order valence-corrected chi connectivity index (χ0v) is 38.1. The number of aromatic hydroxyl groups is 1. The van der Waals surface area contributed by atoms with Gasteiger partial charge in [0.2, 0.25) is 47.3 Å². The number of hydrogen-bond donors (Lipinski definition) is 13. The molecule has 1 saturated heterocycles. The molecule has 3 rings (SSSR count).